The molecular formula is C16H24N4O3. The summed E-state index contributed by atoms with van der Waals surface area (Å²) in [5.41, 5.74) is 3.19. The molecule has 0 saturated carbocycles. The molecule has 0 atom stereocenters. The van der Waals surface area contributed by atoms with E-state index < -0.39 is 0 Å². The number of ether oxygens (including phenoxy) is 1. The number of nitrogens with zero attached hydrogens (tertiary/aromatic N) is 3. The third kappa shape index (κ3) is 5.54. The van der Waals surface area contributed by atoms with Crippen LogP contribution < -0.4 is 10.2 Å². The Morgan fingerprint density at radius 3 is 2.78 bits per heavy atom. The molecule has 126 valence electrons. The molecule has 0 aromatic heterocycles. The maximum absolute atomic E-state index is 11.8. The van der Waals surface area contributed by atoms with Gasteiger partial charge in [-0.2, -0.15) is 5.10 Å². The molecule has 7 nitrogen and oxygen atoms in total. The van der Waals surface area contributed by atoms with Crippen LogP contribution in [0.5, 0.6) is 11.5 Å². The average molecular weight is 320 g/mol. The Balaban J connectivity index is 1.72. The van der Waals surface area contributed by atoms with Gasteiger partial charge < -0.3 is 19.6 Å². The number of phenolic OH excluding ortho intramolecular Hbond substituents is 1. The predicted octanol–water partition coefficient (Wildman–Crippen LogP) is 0.488. The predicted molar refractivity (Wildman–Crippen MR) is 88.9 cm³/mol. The van der Waals surface area contributed by atoms with E-state index in [2.05, 4.69) is 27.4 Å². The first-order valence-corrected chi connectivity index (χ1v) is 7.68. The highest BCUT2D eigenvalue weighted by Crippen LogP contribution is 2.25. The molecule has 0 radical (unpaired) electrons. The molecular weight excluding hydrogens is 296 g/mol. The van der Waals surface area contributed by atoms with Crippen molar-refractivity contribution in [2.45, 2.75) is 6.42 Å². The highest BCUT2D eigenvalue weighted by molar-refractivity contribution is 5.83. The van der Waals surface area contributed by atoms with Gasteiger partial charge in [-0.15, -0.1) is 0 Å². The third-order valence-electron chi connectivity index (χ3n) is 3.86. The standard InChI is InChI=1S/C16H24N4O3/c1-19-7-9-20(10-8-19)6-5-16(22)18-17-12-13-3-4-15(23-2)14(21)11-13/h3-4,11-12,21H,5-10H2,1-2H3,(H,18,22)/b17-12-. The summed E-state index contributed by atoms with van der Waals surface area (Å²) in [4.78, 5) is 16.3. The van der Waals surface area contributed by atoms with Crippen molar-refractivity contribution in [2.75, 3.05) is 46.9 Å². The van der Waals surface area contributed by atoms with E-state index in [-0.39, 0.29) is 11.7 Å². The smallest absolute Gasteiger partial charge is 0.241 e. The van der Waals surface area contributed by atoms with Crippen molar-refractivity contribution in [3.05, 3.63) is 23.8 Å². The number of likely N-dealkylation sites (N-methyl/N-ethyl adjacent to an activating group) is 1. The van der Waals surface area contributed by atoms with Crippen molar-refractivity contribution in [1.82, 2.24) is 15.2 Å². The number of aromatic hydroxyl groups is 1. The lowest BCUT2D eigenvalue weighted by Gasteiger charge is -2.32. The number of hydrogen-bond donors (Lipinski definition) is 2. The maximum Gasteiger partial charge on any atom is 0.241 e. The van der Waals surface area contributed by atoms with Crippen LogP contribution in [0.4, 0.5) is 0 Å². The van der Waals surface area contributed by atoms with Crippen LogP contribution in [0.15, 0.2) is 23.3 Å². The number of carbonyl (C=O) groups is 1. The minimum absolute atomic E-state index is 0.0397. The Hall–Kier alpha value is -2.12. The molecule has 1 aliphatic heterocycles. The summed E-state index contributed by atoms with van der Waals surface area (Å²) in [6.45, 7) is 4.83. The molecule has 1 aromatic carbocycles. The van der Waals surface area contributed by atoms with Crippen molar-refractivity contribution in [2.24, 2.45) is 5.10 Å². The summed E-state index contributed by atoms with van der Waals surface area (Å²) in [5, 5.41) is 13.6. The van der Waals surface area contributed by atoms with E-state index >= 15 is 0 Å². The number of nitrogens with one attached hydrogen (secondary N) is 1. The minimum Gasteiger partial charge on any atom is -0.504 e. The van der Waals surface area contributed by atoms with Crippen molar-refractivity contribution < 1.29 is 14.6 Å². The summed E-state index contributed by atoms with van der Waals surface area (Å²) >= 11 is 0. The molecule has 1 saturated heterocycles. The number of phenols is 1. The Bertz CT molecular complexity index is 554. The second-order valence-corrected chi connectivity index (χ2v) is 5.62. The molecule has 7 heteroatoms. The fraction of sp³-hybridized carbons (Fsp3) is 0.500. The zero-order valence-electron chi connectivity index (χ0n) is 13.7. The van der Waals surface area contributed by atoms with Crippen LogP contribution in [-0.2, 0) is 4.79 Å². The fourth-order valence-electron chi connectivity index (χ4n) is 2.35. The third-order valence-corrected chi connectivity index (χ3v) is 3.86. The van der Waals surface area contributed by atoms with Gasteiger partial charge in [-0.05, 0) is 30.8 Å². The van der Waals surface area contributed by atoms with Gasteiger partial charge in [0, 0.05) is 39.1 Å². The van der Waals surface area contributed by atoms with Crippen molar-refractivity contribution in [3.63, 3.8) is 0 Å². The molecule has 0 unspecified atom stereocenters. The summed E-state index contributed by atoms with van der Waals surface area (Å²) in [6, 6.07) is 4.92. The minimum atomic E-state index is -0.113. The molecule has 0 aliphatic carbocycles. The average Bonchev–Trinajstić information content (AvgIpc) is 2.54. The zero-order chi connectivity index (χ0) is 16.7. The van der Waals surface area contributed by atoms with Crippen LogP contribution in [0.3, 0.4) is 0 Å². The summed E-state index contributed by atoms with van der Waals surface area (Å²) in [5.74, 6) is 0.328. The SMILES string of the molecule is COc1ccc(/C=N\NC(=O)CCN2CCN(C)CC2)cc1O. The number of piperazine rings is 1. The molecule has 0 bridgehead atoms. The second kappa shape index (κ2) is 8.50. The van der Waals surface area contributed by atoms with Crippen LogP contribution in [0.25, 0.3) is 0 Å². The second-order valence-electron chi connectivity index (χ2n) is 5.62. The number of methoxy groups -OCH3 is 1. The first-order valence-electron chi connectivity index (χ1n) is 7.68. The van der Waals surface area contributed by atoms with Crippen LogP contribution in [0.2, 0.25) is 0 Å². The molecule has 1 fully saturated rings. The van der Waals surface area contributed by atoms with Crippen molar-refractivity contribution >= 4 is 12.1 Å². The Morgan fingerprint density at radius 2 is 2.13 bits per heavy atom. The Labute approximate surface area is 136 Å². The first kappa shape index (κ1) is 17.2. The molecule has 2 rings (SSSR count). The summed E-state index contributed by atoms with van der Waals surface area (Å²) < 4.78 is 4.97. The highest BCUT2D eigenvalue weighted by Gasteiger charge is 2.14. The number of carbonyl (C=O) groups excluding carboxylic acids is 1. The van der Waals surface area contributed by atoms with Gasteiger partial charge in [0.15, 0.2) is 11.5 Å². The van der Waals surface area contributed by atoms with E-state index in [1.807, 2.05) is 0 Å². The normalized spacial score (nSPS) is 16.6. The van der Waals surface area contributed by atoms with Gasteiger partial charge >= 0.3 is 0 Å². The van der Waals surface area contributed by atoms with E-state index in [1.165, 1.54) is 19.4 Å². The lowest BCUT2D eigenvalue weighted by Crippen LogP contribution is -2.45. The number of hydrogen-bond acceptors (Lipinski definition) is 6. The van der Waals surface area contributed by atoms with Crippen LogP contribution >= 0.6 is 0 Å². The van der Waals surface area contributed by atoms with Crippen LogP contribution in [-0.4, -0.2) is 73.9 Å². The van der Waals surface area contributed by atoms with Crippen molar-refractivity contribution in [3.8, 4) is 11.5 Å². The van der Waals surface area contributed by atoms with Gasteiger partial charge in [0.25, 0.3) is 0 Å². The number of benzene rings is 1. The van der Waals surface area contributed by atoms with Gasteiger partial charge in [-0.3, -0.25) is 4.79 Å². The molecule has 0 spiro atoms. The summed E-state index contributed by atoms with van der Waals surface area (Å²) in [7, 11) is 3.60. The van der Waals surface area contributed by atoms with E-state index in [0.29, 0.717) is 17.7 Å². The monoisotopic (exact) mass is 320 g/mol. The van der Waals surface area contributed by atoms with Gasteiger partial charge in [0.05, 0.1) is 13.3 Å². The van der Waals surface area contributed by atoms with E-state index in [9.17, 15) is 9.90 Å². The molecule has 1 aromatic rings. The molecule has 1 amide bonds. The quantitative estimate of drug-likeness (QED) is 0.589. The lowest BCUT2D eigenvalue weighted by molar-refractivity contribution is -0.121. The largest absolute Gasteiger partial charge is 0.504 e. The van der Waals surface area contributed by atoms with Gasteiger partial charge in [0.2, 0.25) is 5.91 Å². The van der Waals surface area contributed by atoms with Crippen LogP contribution in [0, 0.1) is 0 Å². The van der Waals surface area contributed by atoms with Gasteiger partial charge in [0.1, 0.15) is 0 Å². The number of hydrazone groups is 1. The summed E-state index contributed by atoms with van der Waals surface area (Å²) in [6.07, 6.45) is 1.92. The van der Waals surface area contributed by atoms with E-state index in [1.54, 1.807) is 12.1 Å². The molecule has 2 N–H and O–H groups in total. The van der Waals surface area contributed by atoms with Gasteiger partial charge in [-0.1, -0.05) is 0 Å². The Morgan fingerprint density at radius 1 is 1.39 bits per heavy atom. The number of amides is 1. The van der Waals surface area contributed by atoms with E-state index in [0.717, 1.165) is 32.7 Å². The topological polar surface area (TPSA) is 77.4 Å². The fourth-order valence-corrected chi connectivity index (χ4v) is 2.35. The zero-order valence-corrected chi connectivity index (χ0v) is 13.7. The Kier molecular flexibility index (Phi) is 6.37. The van der Waals surface area contributed by atoms with Crippen molar-refractivity contribution in [1.29, 1.82) is 0 Å². The molecule has 1 heterocycles. The first-order chi connectivity index (χ1) is 11.1. The van der Waals surface area contributed by atoms with Gasteiger partial charge in [-0.25, -0.2) is 5.43 Å². The number of rotatable bonds is 6. The molecule has 23 heavy (non-hydrogen) atoms. The lowest BCUT2D eigenvalue weighted by atomic mass is 10.2. The van der Waals surface area contributed by atoms with E-state index in [4.69, 9.17) is 4.74 Å². The molecule has 1 aliphatic rings. The van der Waals surface area contributed by atoms with Crippen LogP contribution in [0.1, 0.15) is 12.0 Å². The highest BCUT2D eigenvalue weighted by atomic mass is 16.5. The maximum atomic E-state index is 11.8.